The number of carbonyl (C=O) groups is 1. The van der Waals surface area contributed by atoms with E-state index in [0.717, 1.165) is 54.7 Å². The van der Waals surface area contributed by atoms with Crippen LogP contribution in [-0.4, -0.2) is 11.8 Å². The molecule has 0 aliphatic heterocycles. The van der Waals surface area contributed by atoms with E-state index < -0.39 is 0 Å². The van der Waals surface area contributed by atoms with Crippen LogP contribution in [0.4, 0.5) is 5.69 Å². The van der Waals surface area contributed by atoms with Gasteiger partial charge in [-0.3, -0.25) is 4.79 Å². The molecule has 0 amide bonds. The average Bonchev–Trinajstić information content (AvgIpc) is 2.76. The number of nitriles is 1. The fraction of sp³-hybridized carbons (Fsp3) is 0.467. The Morgan fingerprint density at radius 3 is 2.33 bits per heavy atom. The molecule has 176 valence electrons. The van der Waals surface area contributed by atoms with Gasteiger partial charge in [-0.25, -0.2) is 0 Å². The first-order valence-electron chi connectivity index (χ1n) is 12.3. The number of Topliss-reactive ketones (excluding diaryl/α,β-unsaturated/α-hetero) is 1. The zero-order valence-corrected chi connectivity index (χ0v) is 21.5. The number of rotatable bonds is 5. The molecule has 1 saturated carbocycles. The van der Waals surface area contributed by atoms with Crippen LogP contribution in [0.25, 0.3) is 5.57 Å². The lowest BCUT2D eigenvalue weighted by Gasteiger charge is -2.19. The van der Waals surface area contributed by atoms with Crippen LogP contribution in [0.2, 0.25) is 0 Å². The van der Waals surface area contributed by atoms with Crippen LogP contribution >= 0.6 is 0 Å². The minimum Gasteiger partial charge on any atom is -0.383 e. The summed E-state index contributed by atoms with van der Waals surface area (Å²) < 4.78 is 0. The molecule has 2 aromatic rings. The van der Waals surface area contributed by atoms with E-state index in [1.54, 1.807) is 0 Å². The number of ketones is 1. The van der Waals surface area contributed by atoms with Gasteiger partial charge in [-0.05, 0) is 105 Å². The van der Waals surface area contributed by atoms with Gasteiger partial charge in [0.05, 0.1) is 11.6 Å². The number of aryl methyl sites for hydroxylation is 2. The summed E-state index contributed by atoms with van der Waals surface area (Å²) >= 11 is 0. The van der Waals surface area contributed by atoms with Crippen LogP contribution in [0.1, 0.15) is 93.2 Å². The minimum atomic E-state index is 0.388. The zero-order valence-electron chi connectivity index (χ0n) is 21.5. The van der Waals surface area contributed by atoms with Crippen molar-refractivity contribution in [1.82, 2.24) is 0 Å². The van der Waals surface area contributed by atoms with Gasteiger partial charge in [-0.15, -0.1) is 0 Å². The van der Waals surface area contributed by atoms with Crippen molar-refractivity contribution in [2.75, 3.05) is 5.32 Å². The van der Waals surface area contributed by atoms with Crippen LogP contribution in [0.3, 0.4) is 0 Å². The Labute approximate surface area is 200 Å². The highest BCUT2D eigenvalue weighted by Crippen LogP contribution is 2.33. The Bertz CT molecular complexity index is 1030. The lowest BCUT2D eigenvalue weighted by Crippen LogP contribution is -2.11. The van der Waals surface area contributed by atoms with Crippen molar-refractivity contribution in [2.45, 2.75) is 86.6 Å². The third-order valence-electron chi connectivity index (χ3n) is 6.29. The van der Waals surface area contributed by atoms with Crippen LogP contribution in [-0.2, 0) is 4.79 Å². The molecule has 0 spiro atoms. The van der Waals surface area contributed by atoms with Crippen molar-refractivity contribution in [3.05, 3.63) is 69.8 Å². The van der Waals surface area contributed by atoms with Gasteiger partial charge in [-0.2, -0.15) is 5.26 Å². The van der Waals surface area contributed by atoms with E-state index in [1.807, 2.05) is 13.0 Å². The highest BCUT2D eigenvalue weighted by Gasteiger charge is 2.15. The normalized spacial score (nSPS) is 14.5. The first-order valence-corrected chi connectivity index (χ1v) is 12.3. The van der Waals surface area contributed by atoms with E-state index in [0.29, 0.717) is 11.8 Å². The molecule has 3 heteroatoms. The highest BCUT2D eigenvalue weighted by molar-refractivity contribution is 5.85. The number of hydrogen-bond donors (Lipinski definition) is 1. The minimum absolute atomic E-state index is 0.388. The molecule has 3 rings (SSSR count). The molecule has 0 bridgehead atoms. The third kappa shape index (κ3) is 7.32. The van der Waals surface area contributed by atoms with Crippen LogP contribution in [0.15, 0.2) is 36.4 Å². The van der Waals surface area contributed by atoms with Crippen molar-refractivity contribution in [2.24, 2.45) is 5.92 Å². The number of hydrogen-bond acceptors (Lipinski definition) is 3. The molecular weight excluding hydrogens is 404 g/mol. The summed E-state index contributed by atoms with van der Waals surface area (Å²) in [4.78, 5) is 10.6. The Morgan fingerprint density at radius 1 is 1.12 bits per heavy atom. The van der Waals surface area contributed by atoms with Gasteiger partial charge in [0, 0.05) is 24.6 Å². The molecule has 1 aliphatic carbocycles. The Morgan fingerprint density at radius 2 is 1.79 bits per heavy atom. The predicted molar refractivity (Wildman–Crippen MR) is 141 cm³/mol. The second-order valence-corrected chi connectivity index (χ2v) is 9.62. The molecule has 0 atom stereocenters. The molecule has 1 N–H and O–H groups in total. The summed E-state index contributed by atoms with van der Waals surface area (Å²) in [5.74, 6) is 1.26. The predicted octanol–water partition coefficient (Wildman–Crippen LogP) is 7.91. The van der Waals surface area contributed by atoms with E-state index in [2.05, 4.69) is 83.3 Å². The van der Waals surface area contributed by atoms with Gasteiger partial charge in [0.1, 0.15) is 5.78 Å². The summed E-state index contributed by atoms with van der Waals surface area (Å²) in [6.07, 6.45) is 7.13. The van der Waals surface area contributed by atoms with Crippen molar-refractivity contribution in [3.8, 4) is 6.07 Å². The molecule has 0 saturated heterocycles. The number of nitrogens with one attached hydrogen (secondary N) is 1. The van der Waals surface area contributed by atoms with Crippen molar-refractivity contribution in [3.63, 3.8) is 0 Å². The summed E-state index contributed by atoms with van der Waals surface area (Å²) in [7, 11) is 0. The molecule has 3 nitrogen and oxygen atoms in total. The number of benzene rings is 2. The topological polar surface area (TPSA) is 52.9 Å². The fourth-order valence-electron chi connectivity index (χ4n) is 4.31. The first kappa shape index (κ1) is 26.4. The maximum absolute atomic E-state index is 10.6. The Kier molecular flexibility index (Phi) is 9.92. The summed E-state index contributed by atoms with van der Waals surface area (Å²) in [5, 5.41) is 13.0. The highest BCUT2D eigenvalue weighted by atomic mass is 16.1. The Balaban J connectivity index is 0.000000405. The quantitative estimate of drug-likeness (QED) is 0.510. The van der Waals surface area contributed by atoms with Gasteiger partial charge in [0.15, 0.2) is 0 Å². The molecule has 0 aromatic heterocycles. The number of nitrogens with zero attached hydrogens (tertiary/aromatic N) is 1. The van der Waals surface area contributed by atoms with Gasteiger partial charge < -0.3 is 5.32 Å². The van der Waals surface area contributed by atoms with Crippen LogP contribution < -0.4 is 5.32 Å². The van der Waals surface area contributed by atoms with E-state index in [4.69, 9.17) is 0 Å². The second kappa shape index (κ2) is 12.4. The largest absolute Gasteiger partial charge is 0.383 e. The van der Waals surface area contributed by atoms with E-state index in [-0.39, 0.29) is 0 Å². The molecule has 1 fully saturated rings. The summed E-state index contributed by atoms with van der Waals surface area (Å²) in [5.41, 5.74) is 8.98. The summed E-state index contributed by atoms with van der Waals surface area (Å²) in [6.45, 7) is 15.0. The SMILES string of the molecule is CC/C=C(\c1cc(C#N)c(C)cc1C)c1cccc(NC(C)C)c1C.CC1CCC(=O)CC1. The second-order valence-electron chi connectivity index (χ2n) is 9.62. The van der Waals surface area contributed by atoms with E-state index in [9.17, 15) is 10.1 Å². The standard InChI is InChI=1S/C23H28N2.C7H12O/c1-7-9-21(22-13-19(14-24)16(4)12-17(22)5)20-10-8-11-23(18(20)6)25-15(2)3;1-6-2-4-7(8)5-3-6/h8-13,15,25H,7H2,1-6H3;6H,2-5H2,1H3/b21-9-;. The van der Waals surface area contributed by atoms with Gasteiger partial charge in [0.25, 0.3) is 0 Å². The maximum atomic E-state index is 10.6. The molecule has 1 aliphatic rings. The molecule has 0 unspecified atom stereocenters. The number of allylic oxidation sites excluding steroid dienone is 1. The van der Waals surface area contributed by atoms with Gasteiger partial charge in [-0.1, -0.05) is 38.1 Å². The van der Waals surface area contributed by atoms with Crippen molar-refractivity contribution >= 4 is 17.0 Å². The molecule has 0 heterocycles. The molecular formula is C30H40N2O. The Hall–Kier alpha value is -2.86. The van der Waals surface area contributed by atoms with E-state index in [1.165, 1.54) is 28.0 Å². The monoisotopic (exact) mass is 444 g/mol. The fourth-order valence-corrected chi connectivity index (χ4v) is 4.31. The number of carbonyl (C=O) groups excluding carboxylic acids is 1. The zero-order chi connectivity index (χ0) is 24.5. The van der Waals surface area contributed by atoms with Crippen LogP contribution in [0.5, 0.6) is 0 Å². The van der Waals surface area contributed by atoms with E-state index >= 15 is 0 Å². The van der Waals surface area contributed by atoms with Gasteiger partial charge in [0.2, 0.25) is 0 Å². The molecule has 33 heavy (non-hydrogen) atoms. The molecule has 2 aromatic carbocycles. The lowest BCUT2D eigenvalue weighted by atomic mass is 9.88. The lowest BCUT2D eigenvalue weighted by molar-refractivity contribution is -0.120. The summed E-state index contributed by atoms with van der Waals surface area (Å²) in [6, 6.07) is 13.3. The smallest absolute Gasteiger partial charge is 0.132 e. The first-order chi connectivity index (χ1) is 15.7. The van der Waals surface area contributed by atoms with Crippen molar-refractivity contribution in [1.29, 1.82) is 5.26 Å². The molecule has 0 radical (unpaired) electrons. The van der Waals surface area contributed by atoms with Crippen LogP contribution in [0, 0.1) is 38.0 Å². The van der Waals surface area contributed by atoms with Gasteiger partial charge >= 0.3 is 0 Å². The third-order valence-corrected chi connectivity index (χ3v) is 6.29. The van der Waals surface area contributed by atoms with Crippen molar-refractivity contribution < 1.29 is 4.79 Å². The average molecular weight is 445 g/mol. The maximum Gasteiger partial charge on any atom is 0.132 e. The number of anilines is 1.